The normalized spacial score (nSPS) is 12.3. The van der Waals surface area contributed by atoms with E-state index in [0.29, 0.717) is 0 Å². The topological polar surface area (TPSA) is 24.1 Å². The monoisotopic (exact) mass is 204 g/mol. The molecule has 0 saturated heterocycles. The van der Waals surface area contributed by atoms with Crippen LogP contribution < -0.4 is 10.6 Å². The number of hydrogen-bond acceptors (Lipinski definition) is 2. The molecule has 1 rings (SSSR count). The maximum absolute atomic E-state index is 3.95. The molecule has 2 N–H and O–H groups in total. The number of aryl methyl sites for hydroxylation is 1. The number of benzene rings is 1. The summed E-state index contributed by atoms with van der Waals surface area (Å²) in [5.41, 5.74) is 4.70. The van der Waals surface area contributed by atoms with Crippen molar-refractivity contribution in [3.63, 3.8) is 0 Å². The van der Waals surface area contributed by atoms with Crippen LogP contribution in [0.1, 0.15) is 25.0 Å². The first-order chi connectivity index (χ1) is 7.04. The Morgan fingerprint density at radius 2 is 2.07 bits per heavy atom. The van der Waals surface area contributed by atoms with Gasteiger partial charge in [-0.1, -0.05) is 24.3 Å². The van der Waals surface area contributed by atoms with Crippen molar-refractivity contribution in [3.8, 4) is 0 Å². The summed E-state index contributed by atoms with van der Waals surface area (Å²) in [6.45, 7) is 10.2. The third-order valence-electron chi connectivity index (χ3n) is 2.54. The maximum atomic E-state index is 3.95. The highest BCUT2D eigenvalue weighted by Crippen LogP contribution is 2.21. The second-order valence-electron chi connectivity index (χ2n) is 3.96. The van der Waals surface area contributed by atoms with Gasteiger partial charge in [-0.3, -0.25) is 0 Å². The van der Waals surface area contributed by atoms with Crippen LogP contribution in [0.2, 0.25) is 0 Å². The number of allylic oxidation sites excluding steroid dienone is 1. The summed E-state index contributed by atoms with van der Waals surface area (Å²) in [5.74, 6) is 0. The summed E-state index contributed by atoms with van der Waals surface area (Å²) >= 11 is 0. The molecule has 15 heavy (non-hydrogen) atoms. The molecular weight excluding hydrogens is 184 g/mol. The van der Waals surface area contributed by atoms with Crippen molar-refractivity contribution in [2.24, 2.45) is 0 Å². The maximum Gasteiger partial charge on any atom is 0.0736 e. The van der Waals surface area contributed by atoms with Gasteiger partial charge in [0.2, 0.25) is 0 Å². The Labute approximate surface area is 92.4 Å². The molecular formula is C13H20N2. The number of rotatable bonds is 4. The SMILES string of the molecule is C=C(C)c1ccc(C)c(NC(C)NC)c1. The summed E-state index contributed by atoms with van der Waals surface area (Å²) in [4.78, 5) is 0. The molecule has 1 atom stereocenters. The van der Waals surface area contributed by atoms with Crippen molar-refractivity contribution in [1.82, 2.24) is 5.32 Å². The Morgan fingerprint density at radius 1 is 1.40 bits per heavy atom. The molecule has 82 valence electrons. The van der Waals surface area contributed by atoms with E-state index >= 15 is 0 Å². The smallest absolute Gasteiger partial charge is 0.0736 e. The molecule has 0 aliphatic rings. The number of hydrogen-bond donors (Lipinski definition) is 2. The Morgan fingerprint density at radius 3 is 2.60 bits per heavy atom. The van der Waals surface area contributed by atoms with E-state index in [9.17, 15) is 0 Å². The van der Waals surface area contributed by atoms with Crippen molar-refractivity contribution in [3.05, 3.63) is 35.9 Å². The lowest BCUT2D eigenvalue weighted by Gasteiger charge is -2.17. The Kier molecular flexibility index (Phi) is 3.92. The fraction of sp³-hybridized carbons (Fsp3) is 0.385. The van der Waals surface area contributed by atoms with Crippen molar-refractivity contribution >= 4 is 11.3 Å². The highest BCUT2D eigenvalue weighted by atomic mass is 15.1. The van der Waals surface area contributed by atoms with Crippen molar-refractivity contribution in [1.29, 1.82) is 0 Å². The fourth-order valence-electron chi connectivity index (χ4n) is 1.35. The van der Waals surface area contributed by atoms with Crippen LogP contribution in [0.5, 0.6) is 0 Å². The van der Waals surface area contributed by atoms with Gasteiger partial charge in [-0.05, 0) is 45.0 Å². The van der Waals surface area contributed by atoms with Gasteiger partial charge in [0, 0.05) is 5.69 Å². The van der Waals surface area contributed by atoms with Gasteiger partial charge in [-0.15, -0.1) is 0 Å². The van der Waals surface area contributed by atoms with Gasteiger partial charge in [0.1, 0.15) is 0 Å². The summed E-state index contributed by atoms with van der Waals surface area (Å²) in [6.07, 6.45) is 0.268. The summed E-state index contributed by atoms with van der Waals surface area (Å²) in [7, 11) is 1.94. The van der Waals surface area contributed by atoms with Crippen LogP contribution in [0.4, 0.5) is 5.69 Å². The molecule has 0 aliphatic heterocycles. The minimum absolute atomic E-state index is 0.268. The molecule has 0 bridgehead atoms. The van der Waals surface area contributed by atoms with E-state index in [4.69, 9.17) is 0 Å². The Balaban J connectivity index is 2.95. The van der Waals surface area contributed by atoms with E-state index in [1.54, 1.807) is 0 Å². The Hall–Kier alpha value is -1.28. The van der Waals surface area contributed by atoms with E-state index in [0.717, 1.165) is 11.3 Å². The van der Waals surface area contributed by atoms with Gasteiger partial charge in [0.05, 0.1) is 6.17 Å². The summed E-state index contributed by atoms with van der Waals surface area (Å²) in [6, 6.07) is 6.37. The van der Waals surface area contributed by atoms with Crippen LogP contribution >= 0.6 is 0 Å². The molecule has 0 spiro atoms. The van der Waals surface area contributed by atoms with E-state index in [1.165, 1.54) is 11.1 Å². The van der Waals surface area contributed by atoms with E-state index in [2.05, 4.69) is 49.3 Å². The number of anilines is 1. The highest BCUT2D eigenvalue weighted by Gasteiger charge is 2.03. The lowest BCUT2D eigenvalue weighted by atomic mass is 10.1. The molecule has 2 heteroatoms. The van der Waals surface area contributed by atoms with E-state index in [1.807, 2.05) is 14.0 Å². The van der Waals surface area contributed by atoms with Crippen molar-refractivity contribution in [2.75, 3.05) is 12.4 Å². The van der Waals surface area contributed by atoms with Gasteiger partial charge < -0.3 is 10.6 Å². The molecule has 0 amide bonds. The van der Waals surface area contributed by atoms with Crippen LogP contribution in [0.3, 0.4) is 0 Å². The third-order valence-corrected chi connectivity index (χ3v) is 2.54. The average Bonchev–Trinajstić information content (AvgIpc) is 2.20. The quantitative estimate of drug-likeness (QED) is 0.737. The van der Waals surface area contributed by atoms with Crippen LogP contribution in [-0.2, 0) is 0 Å². The molecule has 0 heterocycles. The second kappa shape index (κ2) is 4.99. The second-order valence-corrected chi connectivity index (χ2v) is 3.96. The van der Waals surface area contributed by atoms with Gasteiger partial charge in [0.15, 0.2) is 0 Å². The summed E-state index contributed by atoms with van der Waals surface area (Å²) < 4.78 is 0. The molecule has 1 aromatic carbocycles. The van der Waals surface area contributed by atoms with Crippen LogP contribution in [0.15, 0.2) is 24.8 Å². The summed E-state index contributed by atoms with van der Waals surface area (Å²) in [5, 5.41) is 6.56. The third kappa shape index (κ3) is 3.10. The van der Waals surface area contributed by atoms with Crippen molar-refractivity contribution in [2.45, 2.75) is 26.9 Å². The standard InChI is InChI=1S/C13H20N2/c1-9(2)12-7-6-10(3)13(8-12)15-11(4)14-5/h6-8,11,14-15H,1H2,2-5H3. The average molecular weight is 204 g/mol. The molecule has 1 unspecified atom stereocenters. The zero-order chi connectivity index (χ0) is 11.4. The molecule has 1 aromatic rings. The van der Waals surface area contributed by atoms with Gasteiger partial charge >= 0.3 is 0 Å². The molecule has 0 aliphatic carbocycles. The first kappa shape index (κ1) is 11.8. The molecule has 2 nitrogen and oxygen atoms in total. The van der Waals surface area contributed by atoms with Gasteiger partial charge in [-0.25, -0.2) is 0 Å². The molecule has 0 radical (unpaired) electrons. The molecule has 0 fully saturated rings. The lowest BCUT2D eigenvalue weighted by molar-refractivity contribution is 0.682. The predicted octanol–water partition coefficient (Wildman–Crippen LogP) is 3.01. The predicted molar refractivity (Wildman–Crippen MR) is 68.0 cm³/mol. The van der Waals surface area contributed by atoms with Crippen LogP contribution in [0.25, 0.3) is 5.57 Å². The van der Waals surface area contributed by atoms with Crippen molar-refractivity contribution < 1.29 is 0 Å². The van der Waals surface area contributed by atoms with Crippen LogP contribution in [0, 0.1) is 6.92 Å². The Bertz CT molecular complexity index is 356. The van der Waals surface area contributed by atoms with E-state index < -0.39 is 0 Å². The van der Waals surface area contributed by atoms with Gasteiger partial charge in [-0.2, -0.15) is 0 Å². The number of nitrogens with one attached hydrogen (secondary N) is 2. The van der Waals surface area contributed by atoms with Crippen LogP contribution in [-0.4, -0.2) is 13.2 Å². The minimum Gasteiger partial charge on any atom is -0.370 e. The first-order valence-electron chi connectivity index (χ1n) is 5.25. The zero-order valence-corrected chi connectivity index (χ0v) is 10.0. The molecule has 0 saturated carbocycles. The largest absolute Gasteiger partial charge is 0.370 e. The van der Waals surface area contributed by atoms with Gasteiger partial charge in [0.25, 0.3) is 0 Å². The minimum atomic E-state index is 0.268. The zero-order valence-electron chi connectivity index (χ0n) is 10.0. The lowest BCUT2D eigenvalue weighted by Crippen LogP contribution is -2.30. The van der Waals surface area contributed by atoms with E-state index in [-0.39, 0.29) is 6.17 Å². The highest BCUT2D eigenvalue weighted by molar-refractivity contribution is 5.67. The fourth-order valence-corrected chi connectivity index (χ4v) is 1.35. The molecule has 0 aromatic heterocycles. The first-order valence-corrected chi connectivity index (χ1v) is 5.25.